The maximum atomic E-state index is 9.10. The Morgan fingerprint density at radius 2 is 2.00 bits per heavy atom. The first-order valence-electron chi connectivity index (χ1n) is 5.23. The second kappa shape index (κ2) is 6.14. The predicted octanol–water partition coefficient (Wildman–Crippen LogP) is 4.05. The van der Waals surface area contributed by atoms with Crippen molar-refractivity contribution < 1.29 is 9.84 Å². The van der Waals surface area contributed by atoms with Crippen LogP contribution in [0, 0.1) is 6.92 Å². The van der Waals surface area contributed by atoms with Crippen LogP contribution in [0.1, 0.15) is 15.4 Å². The molecule has 3 nitrogen and oxygen atoms in total. The molecule has 2 aromatic rings. The fourth-order valence-corrected chi connectivity index (χ4v) is 3.68. The van der Waals surface area contributed by atoms with E-state index in [0.717, 1.165) is 30.1 Å². The molecule has 1 aromatic heterocycles. The van der Waals surface area contributed by atoms with Crippen molar-refractivity contribution in [3.05, 3.63) is 42.7 Å². The van der Waals surface area contributed by atoms with Gasteiger partial charge in [-0.3, -0.25) is 0 Å². The SMILES string of the molecule is Cc1ncc(COc2c(Br)cc(CO)cc2Br)s1. The number of thiazole rings is 1. The molecular weight excluding hydrogens is 382 g/mol. The zero-order valence-corrected chi connectivity index (χ0v) is 13.6. The van der Waals surface area contributed by atoms with E-state index in [-0.39, 0.29) is 6.61 Å². The standard InChI is InChI=1S/C12H11Br2NO2S/c1-7-15-4-9(18-7)6-17-12-10(13)2-8(5-16)3-11(12)14/h2-4,16H,5-6H2,1H3. The van der Waals surface area contributed by atoms with Crippen molar-refractivity contribution in [1.82, 2.24) is 4.98 Å². The molecule has 0 unspecified atom stereocenters. The third kappa shape index (κ3) is 3.32. The minimum atomic E-state index is 0.00548. The van der Waals surface area contributed by atoms with Crippen LogP contribution in [0.4, 0.5) is 0 Å². The van der Waals surface area contributed by atoms with Gasteiger partial charge < -0.3 is 9.84 Å². The molecule has 1 aromatic carbocycles. The quantitative estimate of drug-likeness (QED) is 0.853. The third-order valence-corrected chi connectivity index (χ3v) is 4.33. The zero-order valence-electron chi connectivity index (χ0n) is 9.61. The summed E-state index contributed by atoms with van der Waals surface area (Å²) in [7, 11) is 0. The normalized spacial score (nSPS) is 10.7. The van der Waals surface area contributed by atoms with Crippen molar-refractivity contribution in [3.63, 3.8) is 0 Å². The molecule has 0 amide bonds. The number of rotatable bonds is 4. The highest BCUT2D eigenvalue weighted by molar-refractivity contribution is 9.11. The molecule has 0 radical (unpaired) electrons. The Morgan fingerprint density at radius 3 is 2.50 bits per heavy atom. The molecule has 0 aliphatic heterocycles. The molecule has 1 N–H and O–H groups in total. The second-order valence-electron chi connectivity index (χ2n) is 3.68. The number of hydrogen-bond donors (Lipinski definition) is 1. The van der Waals surface area contributed by atoms with Gasteiger partial charge in [-0.2, -0.15) is 0 Å². The maximum Gasteiger partial charge on any atom is 0.148 e. The molecule has 0 saturated heterocycles. The van der Waals surface area contributed by atoms with Crippen molar-refractivity contribution >= 4 is 43.2 Å². The molecule has 0 fully saturated rings. The second-order valence-corrected chi connectivity index (χ2v) is 6.71. The largest absolute Gasteiger partial charge is 0.486 e. The molecule has 6 heteroatoms. The maximum absolute atomic E-state index is 9.10. The average Bonchev–Trinajstić information content (AvgIpc) is 2.73. The van der Waals surface area contributed by atoms with Crippen molar-refractivity contribution in [2.24, 2.45) is 0 Å². The molecule has 0 atom stereocenters. The summed E-state index contributed by atoms with van der Waals surface area (Å²) < 4.78 is 7.40. The number of aromatic nitrogens is 1. The van der Waals surface area contributed by atoms with Gasteiger partial charge >= 0.3 is 0 Å². The van der Waals surface area contributed by atoms with Crippen LogP contribution in [-0.2, 0) is 13.2 Å². The van der Waals surface area contributed by atoms with E-state index in [2.05, 4.69) is 36.8 Å². The number of ether oxygens (including phenoxy) is 1. The lowest BCUT2D eigenvalue weighted by Gasteiger charge is -2.10. The van der Waals surface area contributed by atoms with Gasteiger partial charge in [0.15, 0.2) is 0 Å². The van der Waals surface area contributed by atoms with E-state index in [1.165, 1.54) is 0 Å². The minimum Gasteiger partial charge on any atom is -0.486 e. The van der Waals surface area contributed by atoms with E-state index < -0.39 is 0 Å². The number of aryl methyl sites for hydroxylation is 1. The van der Waals surface area contributed by atoms with E-state index in [4.69, 9.17) is 9.84 Å². The number of aliphatic hydroxyl groups excluding tert-OH is 1. The van der Waals surface area contributed by atoms with Crippen molar-refractivity contribution in [2.45, 2.75) is 20.1 Å². The number of benzene rings is 1. The van der Waals surface area contributed by atoms with Gasteiger partial charge in [0, 0.05) is 6.20 Å². The van der Waals surface area contributed by atoms with Gasteiger partial charge in [0.1, 0.15) is 12.4 Å². The number of hydrogen-bond acceptors (Lipinski definition) is 4. The summed E-state index contributed by atoms with van der Waals surface area (Å²) in [6, 6.07) is 3.69. The van der Waals surface area contributed by atoms with Gasteiger partial charge in [-0.05, 0) is 56.5 Å². The molecule has 0 aliphatic rings. The Bertz CT molecular complexity index is 534. The summed E-state index contributed by atoms with van der Waals surface area (Å²) in [5.41, 5.74) is 0.828. The predicted molar refractivity (Wildman–Crippen MR) is 78.9 cm³/mol. The lowest BCUT2D eigenvalue weighted by atomic mass is 10.2. The molecule has 0 bridgehead atoms. The first-order chi connectivity index (χ1) is 8.60. The highest BCUT2D eigenvalue weighted by atomic mass is 79.9. The molecule has 18 heavy (non-hydrogen) atoms. The number of halogens is 2. The summed E-state index contributed by atoms with van der Waals surface area (Å²) in [5, 5.41) is 10.1. The lowest BCUT2D eigenvalue weighted by molar-refractivity contribution is 0.280. The van der Waals surface area contributed by atoms with E-state index >= 15 is 0 Å². The molecule has 2 rings (SSSR count). The fourth-order valence-electron chi connectivity index (χ4n) is 1.46. The highest BCUT2D eigenvalue weighted by Gasteiger charge is 2.09. The molecule has 0 spiro atoms. The van der Waals surface area contributed by atoms with Crippen molar-refractivity contribution in [3.8, 4) is 5.75 Å². The van der Waals surface area contributed by atoms with Crippen LogP contribution in [0.25, 0.3) is 0 Å². The zero-order chi connectivity index (χ0) is 13.1. The highest BCUT2D eigenvalue weighted by Crippen LogP contribution is 2.35. The Kier molecular flexibility index (Phi) is 4.77. The van der Waals surface area contributed by atoms with Crippen LogP contribution in [0.2, 0.25) is 0 Å². The minimum absolute atomic E-state index is 0.00548. The fraction of sp³-hybridized carbons (Fsp3) is 0.250. The first-order valence-corrected chi connectivity index (χ1v) is 7.63. The summed E-state index contributed by atoms with van der Waals surface area (Å²) in [6.45, 7) is 2.46. The Morgan fingerprint density at radius 1 is 1.33 bits per heavy atom. The van der Waals surface area contributed by atoms with Gasteiger partial charge in [0.2, 0.25) is 0 Å². The van der Waals surface area contributed by atoms with Crippen LogP contribution >= 0.6 is 43.2 Å². The molecule has 96 valence electrons. The van der Waals surface area contributed by atoms with Gasteiger partial charge in [0.25, 0.3) is 0 Å². The van der Waals surface area contributed by atoms with E-state index in [9.17, 15) is 0 Å². The van der Waals surface area contributed by atoms with Gasteiger partial charge in [-0.15, -0.1) is 11.3 Å². The number of nitrogens with zero attached hydrogens (tertiary/aromatic N) is 1. The summed E-state index contributed by atoms with van der Waals surface area (Å²) in [5.74, 6) is 0.734. The van der Waals surface area contributed by atoms with Crippen LogP contribution in [-0.4, -0.2) is 10.1 Å². The van der Waals surface area contributed by atoms with Crippen molar-refractivity contribution in [2.75, 3.05) is 0 Å². The van der Waals surface area contributed by atoms with Crippen LogP contribution in [0.5, 0.6) is 5.75 Å². The number of aliphatic hydroxyl groups is 1. The van der Waals surface area contributed by atoms with Gasteiger partial charge in [-0.1, -0.05) is 0 Å². The molecular formula is C12H11Br2NO2S. The monoisotopic (exact) mass is 391 g/mol. The summed E-state index contributed by atoms with van der Waals surface area (Å²) >= 11 is 8.50. The lowest BCUT2D eigenvalue weighted by Crippen LogP contribution is -1.96. The van der Waals surface area contributed by atoms with E-state index in [1.54, 1.807) is 11.3 Å². The third-order valence-electron chi connectivity index (χ3n) is 2.27. The molecule has 0 saturated carbocycles. The van der Waals surface area contributed by atoms with Crippen LogP contribution < -0.4 is 4.74 Å². The Hall–Kier alpha value is -0.430. The summed E-state index contributed by atoms with van der Waals surface area (Å²) in [6.07, 6.45) is 1.82. The topological polar surface area (TPSA) is 42.4 Å². The molecule has 1 heterocycles. The van der Waals surface area contributed by atoms with Gasteiger partial charge in [0.05, 0.1) is 25.4 Å². The Balaban J connectivity index is 2.14. The van der Waals surface area contributed by atoms with Crippen molar-refractivity contribution in [1.29, 1.82) is 0 Å². The molecule has 0 aliphatic carbocycles. The van der Waals surface area contributed by atoms with Crippen LogP contribution in [0.3, 0.4) is 0 Å². The first kappa shape index (κ1) is 14.0. The summed E-state index contributed by atoms with van der Waals surface area (Å²) in [4.78, 5) is 5.26. The van der Waals surface area contributed by atoms with Crippen LogP contribution in [0.15, 0.2) is 27.3 Å². The van der Waals surface area contributed by atoms with E-state index in [0.29, 0.717) is 6.61 Å². The smallest absolute Gasteiger partial charge is 0.148 e. The average molecular weight is 393 g/mol. The van der Waals surface area contributed by atoms with E-state index in [1.807, 2.05) is 25.3 Å². The van der Waals surface area contributed by atoms with Gasteiger partial charge in [-0.25, -0.2) is 4.98 Å². The Labute approximate surface area is 126 Å².